The van der Waals surface area contributed by atoms with Gasteiger partial charge in [-0.2, -0.15) is 0 Å². The van der Waals surface area contributed by atoms with Crippen LogP contribution in [0.5, 0.6) is 0 Å². The topological polar surface area (TPSA) is 55.2 Å². The molecule has 1 unspecified atom stereocenters. The van der Waals surface area contributed by atoms with Gasteiger partial charge in [0.05, 0.1) is 13.2 Å². The van der Waals surface area contributed by atoms with Gasteiger partial charge in [-0.15, -0.1) is 10.2 Å². The number of hydrogen-bond acceptors (Lipinski definition) is 5. The molecule has 0 amide bonds. The molecule has 0 bridgehead atoms. The minimum Gasteiger partial charge on any atom is -0.383 e. The molecule has 1 fully saturated rings. The first-order valence-electron chi connectivity index (χ1n) is 7.51. The Balaban J connectivity index is 1.88. The van der Waals surface area contributed by atoms with Crippen molar-refractivity contribution < 1.29 is 4.74 Å². The van der Waals surface area contributed by atoms with Crippen LogP contribution in [-0.4, -0.2) is 59.1 Å². The van der Waals surface area contributed by atoms with Crippen LogP contribution in [0.2, 0.25) is 0 Å². The second-order valence-electron chi connectivity index (χ2n) is 5.54. The number of nitrogens with one attached hydrogen (secondary N) is 1. The average Bonchev–Trinajstić information content (AvgIpc) is 2.77. The minimum atomic E-state index is 0.595. The molecular weight excluding hydrogens is 254 g/mol. The Hall–Kier alpha value is -0.980. The third-order valence-electron chi connectivity index (χ3n) is 4.14. The zero-order chi connectivity index (χ0) is 14.4. The van der Waals surface area contributed by atoms with Gasteiger partial charge >= 0.3 is 0 Å². The number of ether oxygens (including phenoxy) is 1. The van der Waals surface area contributed by atoms with Crippen LogP contribution in [0.4, 0.5) is 0 Å². The van der Waals surface area contributed by atoms with E-state index < -0.39 is 0 Å². The summed E-state index contributed by atoms with van der Waals surface area (Å²) in [4.78, 5) is 2.53. The Labute approximate surface area is 121 Å². The van der Waals surface area contributed by atoms with Crippen molar-refractivity contribution in [2.45, 2.75) is 38.8 Å². The highest BCUT2D eigenvalue weighted by atomic mass is 16.5. The van der Waals surface area contributed by atoms with E-state index in [1.54, 1.807) is 7.11 Å². The Morgan fingerprint density at radius 3 is 2.90 bits per heavy atom. The van der Waals surface area contributed by atoms with Gasteiger partial charge in [-0.3, -0.25) is 4.90 Å². The highest BCUT2D eigenvalue weighted by Gasteiger charge is 2.23. The second kappa shape index (κ2) is 7.71. The van der Waals surface area contributed by atoms with Gasteiger partial charge in [0, 0.05) is 33.3 Å². The SMILES string of the molecule is COCCNCC1CCCCN1Cc1nnc(C)n1C. The number of nitrogens with zero attached hydrogens (tertiary/aromatic N) is 4. The summed E-state index contributed by atoms with van der Waals surface area (Å²) in [6.45, 7) is 6.77. The zero-order valence-electron chi connectivity index (χ0n) is 12.9. The third-order valence-corrected chi connectivity index (χ3v) is 4.14. The summed E-state index contributed by atoms with van der Waals surface area (Å²) in [7, 11) is 3.78. The van der Waals surface area contributed by atoms with Crippen molar-refractivity contribution in [3.05, 3.63) is 11.6 Å². The number of rotatable bonds is 7. The maximum Gasteiger partial charge on any atom is 0.146 e. The molecule has 1 aromatic rings. The number of methoxy groups -OCH3 is 1. The maximum absolute atomic E-state index is 5.07. The van der Waals surface area contributed by atoms with E-state index in [-0.39, 0.29) is 0 Å². The monoisotopic (exact) mass is 281 g/mol. The lowest BCUT2D eigenvalue weighted by Gasteiger charge is -2.35. The lowest BCUT2D eigenvalue weighted by atomic mass is 10.0. The summed E-state index contributed by atoms with van der Waals surface area (Å²) in [6, 6.07) is 0.595. The summed E-state index contributed by atoms with van der Waals surface area (Å²) in [5.74, 6) is 2.04. The number of aromatic nitrogens is 3. The van der Waals surface area contributed by atoms with Gasteiger partial charge in [0.1, 0.15) is 11.6 Å². The van der Waals surface area contributed by atoms with Crippen LogP contribution in [0.25, 0.3) is 0 Å². The summed E-state index contributed by atoms with van der Waals surface area (Å²) in [5.41, 5.74) is 0. The van der Waals surface area contributed by atoms with Crippen LogP contribution in [0.3, 0.4) is 0 Å². The Kier molecular flexibility index (Phi) is 5.94. The van der Waals surface area contributed by atoms with Crippen molar-refractivity contribution in [1.82, 2.24) is 25.0 Å². The summed E-state index contributed by atoms with van der Waals surface area (Å²) in [5, 5.41) is 11.9. The fourth-order valence-corrected chi connectivity index (χ4v) is 2.71. The Morgan fingerprint density at radius 2 is 2.20 bits per heavy atom. The van der Waals surface area contributed by atoms with Gasteiger partial charge < -0.3 is 14.6 Å². The lowest BCUT2D eigenvalue weighted by molar-refractivity contribution is 0.129. The van der Waals surface area contributed by atoms with E-state index in [4.69, 9.17) is 4.74 Å². The first kappa shape index (κ1) is 15.4. The van der Waals surface area contributed by atoms with Crippen molar-refractivity contribution in [2.24, 2.45) is 7.05 Å². The molecule has 1 aliphatic rings. The number of hydrogen-bond donors (Lipinski definition) is 1. The molecule has 2 rings (SSSR count). The Morgan fingerprint density at radius 1 is 1.35 bits per heavy atom. The molecule has 1 N–H and O–H groups in total. The smallest absolute Gasteiger partial charge is 0.146 e. The summed E-state index contributed by atoms with van der Waals surface area (Å²) < 4.78 is 7.16. The van der Waals surface area contributed by atoms with Crippen LogP contribution in [0, 0.1) is 6.92 Å². The molecule has 1 aromatic heterocycles. The van der Waals surface area contributed by atoms with Crippen LogP contribution < -0.4 is 5.32 Å². The number of likely N-dealkylation sites (tertiary alicyclic amines) is 1. The molecule has 0 radical (unpaired) electrons. The van der Waals surface area contributed by atoms with Crippen molar-refractivity contribution >= 4 is 0 Å². The quantitative estimate of drug-likeness (QED) is 0.746. The van der Waals surface area contributed by atoms with E-state index in [2.05, 4.69) is 25.0 Å². The first-order chi connectivity index (χ1) is 9.72. The van der Waals surface area contributed by atoms with Gasteiger partial charge in [0.15, 0.2) is 0 Å². The molecule has 1 saturated heterocycles. The van der Waals surface area contributed by atoms with Crippen LogP contribution in [0.1, 0.15) is 30.9 Å². The third kappa shape index (κ3) is 4.01. The van der Waals surface area contributed by atoms with Gasteiger partial charge in [-0.1, -0.05) is 6.42 Å². The molecule has 0 saturated carbocycles. The molecule has 0 aromatic carbocycles. The highest BCUT2D eigenvalue weighted by molar-refractivity contribution is 4.94. The maximum atomic E-state index is 5.07. The van der Waals surface area contributed by atoms with Crippen LogP contribution >= 0.6 is 0 Å². The molecule has 6 heteroatoms. The molecule has 0 spiro atoms. The number of piperidine rings is 1. The molecule has 2 heterocycles. The molecular formula is C14H27N5O. The van der Waals surface area contributed by atoms with Gasteiger partial charge in [-0.05, 0) is 26.3 Å². The second-order valence-corrected chi connectivity index (χ2v) is 5.54. The highest BCUT2D eigenvalue weighted by Crippen LogP contribution is 2.18. The largest absolute Gasteiger partial charge is 0.383 e. The molecule has 114 valence electrons. The molecule has 6 nitrogen and oxygen atoms in total. The fourth-order valence-electron chi connectivity index (χ4n) is 2.71. The lowest BCUT2D eigenvalue weighted by Crippen LogP contribution is -2.45. The normalized spacial score (nSPS) is 20.4. The van der Waals surface area contributed by atoms with E-state index >= 15 is 0 Å². The standard InChI is InChI=1S/C14H27N5O/c1-12-16-17-14(18(12)2)11-19-8-5-4-6-13(19)10-15-7-9-20-3/h13,15H,4-11H2,1-3H3. The predicted molar refractivity (Wildman–Crippen MR) is 78.5 cm³/mol. The van der Waals surface area contributed by atoms with Crippen LogP contribution in [-0.2, 0) is 18.3 Å². The Bertz CT molecular complexity index is 406. The van der Waals surface area contributed by atoms with E-state index in [1.807, 2.05) is 14.0 Å². The van der Waals surface area contributed by atoms with Crippen molar-refractivity contribution in [2.75, 3.05) is 33.4 Å². The molecule has 20 heavy (non-hydrogen) atoms. The van der Waals surface area contributed by atoms with Gasteiger partial charge in [0.25, 0.3) is 0 Å². The fraction of sp³-hybridized carbons (Fsp3) is 0.857. The van der Waals surface area contributed by atoms with E-state index in [0.717, 1.165) is 44.4 Å². The van der Waals surface area contributed by atoms with Crippen LogP contribution in [0.15, 0.2) is 0 Å². The van der Waals surface area contributed by atoms with Gasteiger partial charge in [0.2, 0.25) is 0 Å². The molecule has 1 aliphatic heterocycles. The van der Waals surface area contributed by atoms with Gasteiger partial charge in [-0.25, -0.2) is 0 Å². The summed E-state index contributed by atoms with van der Waals surface area (Å²) in [6.07, 6.45) is 3.87. The van der Waals surface area contributed by atoms with E-state index in [1.165, 1.54) is 19.3 Å². The summed E-state index contributed by atoms with van der Waals surface area (Å²) >= 11 is 0. The van der Waals surface area contributed by atoms with Crippen molar-refractivity contribution in [1.29, 1.82) is 0 Å². The van der Waals surface area contributed by atoms with E-state index in [0.29, 0.717) is 6.04 Å². The minimum absolute atomic E-state index is 0.595. The molecule has 0 aliphatic carbocycles. The average molecular weight is 281 g/mol. The first-order valence-corrected chi connectivity index (χ1v) is 7.51. The predicted octanol–water partition coefficient (Wildman–Crippen LogP) is 0.714. The van der Waals surface area contributed by atoms with Crippen molar-refractivity contribution in [3.63, 3.8) is 0 Å². The number of aryl methyl sites for hydroxylation is 1. The van der Waals surface area contributed by atoms with E-state index in [9.17, 15) is 0 Å². The van der Waals surface area contributed by atoms with Crippen molar-refractivity contribution in [3.8, 4) is 0 Å². The molecule has 1 atom stereocenters. The zero-order valence-corrected chi connectivity index (χ0v) is 12.9.